The molecule has 0 aliphatic heterocycles. The van der Waals surface area contributed by atoms with E-state index in [2.05, 4.69) is 21.7 Å². The molecule has 0 aliphatic carbocycles. The quantitative estimate of drug-likeness (QED) is 0.630. The van der Waals surface area contributed by atoms with Crippen molar-refractivity contribution < 1.29 is 9.59 Å². The van der Waals surface area contributed by atoms with Gasteiger partial charge in [-0.1, -0.05) is 30.3 Å². The van der Waals surface area contributed by atoms with Crippen LogP contribution in [0.25, 0.3) is 10.9 Å². The minimum atomic E-state index is -0.694. The molecule has 3 aromatic rings. The van der Waals surface area contributed by atoms with E-state index in [1.54, 1.807) is 24.3 Å². The van der Waals surface area contributed by atoms with E-state index in [0.717, 1.165) is 22.0 Å². The number of fused-ring (bicyclic) bond motifs is 1. The first-order chi connectivity index (χ1) is 13.1. The van der Waals surface area contributed by atoms with E-state index >= 15 is 0 Å². The number of para-hydroxylation sites is 1. The molecule has 0 fully saturated rings. The van der Waals surface area contributed by atoms with Crippen LogP contribution in [0.3, 0.4) is 0 Å². The van der Waals surface area contributed by atoms with Gasteiger partial charge in [0.15, 0.2) is 0 Å². The normalized spacial score (nSPS) is 11.6. The minimum Gasteiger partial charge on any atom is -0.361 e. The highest BCUT2D eigenvalue weighted by Gasteiger charge is 2.21. The van der Waals surface area contributed by atoms with Gasteiger partial charge in [-0.05, 0) is 29.3 Å². The number of carbonyl (C=O) groups excluding carboxylic acids is 2. The number of aromatic nitrogens is 1. The standard InChI is InChI=1S/C21H20N4O2/c1-14(26)24-20(12-16-13-23-19-5-3-2-4-18(16)19)21(27)25-17-8-6-15(7-9-17)10-11-22/h2-9,13,20,23H,10,12H2,1H3,(H,24,26)(H,25,27). The van der Waals surface area contributed by atoms with Crippen LogP contribution in [0.1, 0.15) is 18.1 Å². The van der Waals surface area contributed by atoms with Gasteiger partial charge in [0.25, 0.3) is 0 Å². The summed E-state index contributed by atoms with van der Waals surface area (Å²) in [5.74, 6) is -0.553. The number of anilines is 1. The number of nitrogens with zero attached hydrogens (tertiary/aromatic N) is 1. The summed E-state index contributed by atoms with van der Waals surface area (Å²) in [6.45, 7) is 1.40. The first kappa shape index (κ1) is 18.2. The van der Waals surface area contributed by atoms with Gasteiger partial charge in [-0.25, -0.2) is 0 Å². The van der Waals surface area contributed by atoms with Crippen molar-refractivity contribution in [1.29, 1.82) is 5.26 Å². The summed E-state index contributed by atoms with van der Waals surface area (Å²) in [4.78, 5) is 27.5. The topological polar surface area (TPSA) is 97.8 Å². The third-order valence-electron chi connectivity index (χ3n) is 4.30. The molecule has 136 valence electrons. The lowest BCUT2D eigenvalue weighted by Crippen LogP contribution is -2.44. The van der Waals surface area contributed by atoms with Crippen molar-refractivity contribution in [3.63, 3.8) is 0 Å². The summed E-state index contributed by atoms with van der Waals surface area (Å²) in [6, 6.07) is 16.3. The number of nitriles is 1. The highest BCUT2D eigenvalue weighted by Crippen LogP contribution is 2.20. The molecule has 0 saturated heterocycles. The van der Waals surface area contributed by atoms with Crippen molar-refractivity contribution in [2.45, 2.75) is 25.8 Å². The first-order valence-electron chi connectivity index (χ1n) is 8.65. The van der Waals surface area contributed by atoms with Gasteiger partial charge in [0.1, 0.15) is 6.04 Å². The number of hydrogen-bond acceptors (Lipinski definition) is 3. The first-order valence-corrected chi connectivity index (χ1v) is 8.65. The number of benzene rings is 2. The van der Waals surface area contributed by atoms with Gasteiger partial charge in [-0.15, -0.1) is 0 Å². The third kappa shape index (κ3) is 4.53. The van der Waals surface area contributed by atoms with Crippen LogP contribution in [-0.2, 0) is 22.4 Å². The lowest BCUT2D eigenvalue weighted by Gasteiger charge is -2.17. The van der Waals surface area contributed by atoms with Gasteiger partial charge in [0, 0.05) is 36.1 Å². The maximum Gasteiger partial charge on any atom is 0.247 e. The molecule has 0 radical (unpaired) electrons. The number of hydrogen-bond donors (Lipinski definition) is 3. The van der Waals surface area contributed by atoms with Crippen LogP contribution >= 0.6 is 0 Å². The predicted molar refractivity (Wildman–Crippen MR) is 104 cm³/mol. The Morgan fingerprint density at radius 2 is 1.89 bits per heavy atom. The van der Waals surface area contributed by atoms with E-state index < -0.39 is 6.04 Å². The maximum atomic E-state index is 12.7. The fourth-order valence-corrected chi connectivity index (χ4v) is 3.00. The number of carbonyl (C=O) groups is 2. The fourth-order valence-electron chi connectivity index (χ4n) is 3.00. The largest absolute Gasteiger partial charge is 0.361 e. The predicted octanol–water partition coefficient (Wildman–Crippen LogP) is 2.92. The Bertz CT molecular complexity index is 999. The second kappa shape index (κ2) is 8.19. The van der Waals surface area contributed by atoms with Crippen molar-refractivity contribution in [3.8, 4) is 6.07 Å². The number of aromatic amines is 1. The molecule has 0 bridgehead atoms. The molecule has 6 heteroatoms. The average Bonchev–Trinajstić information content (AvgIpc) is 3.06. The maximum absolute atomic E-state index is 12.7. The van der Waals surface area contributed by atoms with Crippen LogP contribution in [0.2, 0.25) is 0 Å². The van der Waals surface area contributed by atoms with Crippen LogP contribution in [0, 0.1) is 11.3 Å². The second-order valence-corrected chi connectivity index (χ2v) is 6.34. The van der Waals surface area contributed by atoms with Crippen molar-refractivity contribution in [3.05, 3.63) is 65.9 Å². The van der Waals surface area contributed by atoms with Crippen molar-refractivity contribution >= 4 is 28.4 Å². The molecule has 1 atom stereocenters. The average molecular weight is 360 g/mol. The molecule has 1 heterocycles. The summed E-state index contributed by atoms with van der Waals surface area (Å²) >= 11 is 0. The zero-order valence-corrected chi connectivity index (χ0v) is 15.0. The Kier molecular flexibility index (Phi) is 5.53. The summed E-state index contributed by atoms with van der Waals surface area (Å²) in [7, 11) is 0. The molecule has 1 unspecified atom stereocenters. The van der Waals surface area contributed by atoms with Crippen LogP contribution < -0.4 is 10.6 Å². The molecule has 0 saturated carbocycles. The summed E-state index contributed by atoms with van der Waals surface area (Å²) < 4.78 is 0. The second-order valence-electron chi connectivity index (χ2n) is 6.34. The van der Waals surface area contributed by atoms with Crippen LogP contribution in [-0.4, -0.2) is 22.8 Å². The minimum absolute atomic E-state index is 0.264. The summed E-state index contributed by atoms with van der Waals surface area (Å²) in [5, 5.41) is 15.3. The highest BCUT2D eigenvalue weighted by atomic mass is 16.2. The molecule has 2 amide bonds. The molecule has 3 N–H and O–H groups in total. The van der Waals surface area contributed by atoms with Gasteiger partial charge in [-0.2, -0.15) is 5.26 Å². The van der Waals surface area contributed by atoms with Gasteiger partial charge in [-0.3, -0.25) is 9.59 Å². The van der Waals surface area contributed by atoms with Crippen molar-refractivity contribution in [2.24, 2.45) is 0 Å². The molecule has 27 heavy (non-hydrogen) atoms. The lowest BCUT2D eigenvalue weighted by atomic mass is 10.0. The van der Waals surface area contributed by atoms with E-state index in [9.17, 15) is 9.59 Å². The van der Waals surface area contributed by atoms with Crippen LogP contribution in [0.4, 0.5) is 5.69 Å². The Hall–Kier alpha value is -3.59. The molecule has 6 nitrogen and oxygen atoms in total. The van der Waals surface area contributed by atoms with E-state index in [1.165, 1.54) is 6.92 Å². The Morgan fingerprint density at radius 3 is 2.59 bits per heavy atom. The van der Waals surface area contributed by atoms with Gasteiger partial charge < -0.3 is 15.6 Å². The molecule has 2 aromatic carbocycles. The van der Waals surface area contributed by atoms with Gasteiger partial charge >= 0.3 is 0 Å². The lowest BCUT2D eigenvalue weighted by molar-refractivity contribution is -0.125. The Balaban J connectivity index is 1.76. The van der Waals surface area contributed by atoms with Gasteiger partial charge in [0.05, 0.1) is 12.5 Å². The Labute approximate surface area is 157 Å². The highest BCUT2D eigenvalue weighted by molar-refractivity contribution is 5.97. The van der Waals surface area contributed by atoms with E-state index in [0.29, 0.717) is 18.5 Å². The van der Waals surface area contributed by atoms with Crippen LogP contribution in [0.15, 0.2) is 54.7 Å². The molecule has 3 rings (SSSR count). The zero-order valence-electron chi connectivity index (χ0n) is 15.0. The molecule has 0 spiro atoms. The van der Waals surface area contributed by atoms with Crippen LogP contribution in [0.5, 0.6) is 0 Å². The SMILES string of the molecule is CC(=O)NC(Cc1c[nH]c2ccccc12)C(=O)Nc1ccc(CC#N)cc1. The van der Waals surface area contributed by atoms with Gasteiger partial charge in [0.2, 0.25) is 11.8 Å². The number of rotatable bonds is 6. The number of nitrogens with one attached hydrogen (secondary N) is 3. The fraction of sp³-hybridized carbons (Fsp3) is 0.190. The molecular weight excluding hydrogens is 340 g/mol. The van der Waals surface area contributed by atoms with Crippen molar-refractivity contribution in [2.75, 3.05) is 5.32 Å². The number of amides is 2. The summed E-state index contributed by atoms with van der Waals surface area (Å²) in [6.07, 6.45) is 2.56. The molecule has 0 aliphatic rings. The third-order valence-corrected chi connectivity index (χ3v) is 4.30. The monoisotopic (exact) mass is 360 g/mol. The molecule has 1 aromatic heterocycles. The smallest absolute Gasteiger partial charge is 0.247 e. The zero-order chi connectivity index (χ0) is 19.2. The van der Waals surface area contributed by atoms with Crippen molar-refractivity contribution in [1.82, 2.24) is 10.3 Å². The summed E-state index contributed by atoms with van der Waals surface area (Å²) in [5.41, 5.74) is 3.45. The molecular formula is C21H20N4O2. The van der Waals surface area contributed by atoms with E-state index in [-0.39, 0.29) is 11.8 Å². The Morgan fingerprint density at radius 1 is 1.15 bits per heavy atom. The number of H-pyrrole nitrogens is 1. The van der Waals surface area contributed by atoms with E-state index in [1.807, 2.05) is 30.5 Å². The van der Waals surface area contributed by atoms with E-state index in [4.69, 9.17) is 5.26 Å².